The Labute approximate surface area is 204 Å². The predicted molar refractivity (Wildman–Crippen MR) is 137 cm³/mol. The van der Waals surface area contributed by atoms with Crippen LogP contribution in [-0.4, -0.2) is 38.5 Å². The first-order valence-corrected chi connectivity index (χ1v) is 14.6. The van der Waals surface area contributed by atoms with E-state index in [1.54, 1.807) is 0 Å². The Morgan fingerprint density at radius 3 is 1.88 bits per heavy atom. The highest BCUT2D eigenvalue weighted by Gasteiger charge is 2.28. The Bertz CT molecular complexity index is 453. The summed E-state index contributed by atoms with van der Waals surface area (Å²) in [6.45, 7) is 4.35. The van der Waals surface area contributed by atoms with Gasteiger partial charge in [-0.25, -0.2) is 0 Å². The van der Waals surface area contributed by atoms with Crippen LogP contribution in [0.2, 0.25) is 0 Å². The quantitative estimate of drug-likeness (QED) is 0.143. The van der Waals surface area contributed by atoms with Gasteiger partial charge in [-0.15, -0.1) is 0 Å². The highest BCUT2D eigenvalue weighted by Crippen LogP contribution is 2.38. The minimum absolute atomic E-state index is 0.0795. The normalized spacial score (nSPS) is 21.8. The highest BCUT2D eigenvalue weighted by atomic mass is 16.6. The van der Waals surface area contributed by atoms with Crippen LogP contribution in [0.15, 0.2) is 0 Å². The van der Waals surface area contributed by atoms with Gasteiger partial charge < -0.3 is 14.2 Å². The van der Waals surface area contributed by atoms with Gasteiger partial charge in [-0.1, -0.05) is 96.8 Å². The van der Waals surface area contributed by atoms with Gasteiger partial charge in [0.2, 0.25) is 0 Å². The fourth-order valence-corrected chi connectivity index (χ4v) is 5.75. The molecule has 0 aromatic rings. The highest BCUT2D eigenvalue weighted by molar-refractivity contribution is 5.69. The summed E-state index contributed by atoms with van der Waals surface area (Å²) in [6.07, 6.45) is 26.2. The number of rotatable bonds is 19. The lowest BCUT2D eigenvalue weighted by Crippen LogP contribution is -2.28. The van der Waals surface area contributed by atoms with E-state index in [-0.39, 0.29) is 5.97 Å². The van der Waals surface area contributed by atoms with Crippen LogP contribution < -0.4 is 0 Å². The van der Waals surface area contributed by atoms with Gasteiger partial charge in [0.15, 0.2) is 0 Å². The van der Waals surface area contributed by atoms with Crippen molar-refractivity contribution in [1.82, 2.24) is 0 Å². The van der Waals surface area contributed by atoms with Crippen molar-refractivity contribution in [2.24, 2.45) is 11.8 Å². The fourth-order valence-electron chi connectivity index (χ4n) is 5.75. The molecule has 0 unspecified atom stereocenters. The average molecular weight is 467 g/mol. The summed E-state index contributed by atoms with van der Waals surface area (Å²) in [5.74, 6) is 1.87. The maximum absolute atomic E-state index is 11.8. The van der Waals surface area contributed by atoms with E-state index >= 15 is 0 Å². The van der Waals surface area contributed by atoms with E-state index in [4.69, 9.17) is 14.2 Å². The molecular formula is C29H54O4. The van der Waals surface area contributed by atoms with Crippen molar-refractivity contribution >= 4 is 5.97 Å². The number of esters is 1. The van der Waals surface area contributed by atoms with Gasteiger partial charge in [0, 0.05) is 6.42 Å². The third kappa shape index (κ3) is 14.4. The Balaban J connectivity index is 1.30. The van der Waals surface area contributed by atoms with Crippen LogP contribution in [0, 0.1) is 11.8 Å². The summed E-state index contributed by atoms with van der Waals surface area (Å²) in [6, 6.07) is 0. The minimum atomic E-state index is -0.0795. The SMILES string of the molecule is CCCCCCCCCCCCC(=O)OCCOCCOC1CCC(C2CCCCC2)CC1. The zero-order chi connectivity index (χ0) is 23.4. The first-order chi connectivity index (χ1) is 16.3. The lowest BCUT2D eigenvalue weighted by molar-refractivity contribution is -0.145. The van der Waals surface area contributed by atoms with E-state index in [1.807, 2.05) is 0 Å². The lowest BCUT2D eigenvalue weighted by Gasteiger charge is -2.35. The monoisotopic (exact) mass is 466 g/mol. The van der Waals surface area contributed by atoms with Crippen LogP contribution >= 0.6 is 0 Å². The zero-order valence-electron chi connectivity index (χ0n) is 21.8. The smallest absolute Gasteiger partial charge is 0.305 e. The Morgan fingerprint density at radius 1 is 0.636 bits per heavy atom. The van der Waals surface area contributed by atoms with E-state index in [1.165, 1.54) is 109 Å². The van der Waals surface area contributed by atoms with E-state index in [0.717, 1.165) is 24.7 Å². The summed E-state index contributed by atoms with van der Waals surface area (Å²) >= 11 is 0. The average Bonchev–Trinajstić information content (AvgIpc) is 2.85. The molecule has 0 heterocycles. The van der Waals surface area contributed by atoms with Gasteiger partial charge in [-0.2, -0.15) is 0 Å². The van der Waals surface area contributed by atoms with Gasteiger partial charge in [-0.3, -0.25) is 4.79 Å². The van der Waals surface area contributed by atoms with E-state index in [9.17, 15) is 4.79 Å². The second-order valence-corrected chi connectivity index (χ2v) is 10.6. The fraction of sp³-hybridized carbons (Fsp3) is 0.966. The van der Waals surface area contributed by atoms with E-state index in [2.05, 4.69) is 6.92 Å². The van der Waals surface area contributed by atoms with Crippen LogP contribution in [0.4, 0.5) is 0 Å². The maximum Gasteiger partial charge on any atom is 0.305 e. The summed E-state index contributed by atoms with van der Waals surface area (Å²) in [7, 11) is 0. The van der Waals surface area contributed by atoms with Crippen molar-refractivity contribution in [2.45, 2.75) is 141 Å². The minimum Gasteiger partial charge on any atom is -0.463 e. The van der Waals surface area contributed by atoms with Crippen molar-refractivity contribution < 1.29 is 19.0 Å². The Morgan fingerprint density at radius 2 is 1.21 bits per heavy atom. The van der Waals surface area contributed by atoms with Crippen molar-refractivity contribution in [3.63, 3.8) is 0 Å². The molecule has 4 nitrogen and oxygen atoms in total. The number of carbonyl (C=O) groups excluding carboxylic acids is 1. The molecule has 0 amide bonds. The van der Waals surface area contributed by atoms with Gasteiger partial charge in [0.25, 0.3) is 0 Å². The first kappa shape index (κ1) is 28.6. The number of carbonyl (C=O) groups is 1. The summed E-state index contributed by atoms with van der Waals surface area (Å²) < 4.78 is 16.9. The molecule has 194 valence electrons. The zero-order valence-corrected chi connectivity index (χ0v) is 21.8. The molecule has 0 saturated heterocycles. The van der Waals surface area contributed by atoms with Crippen molar-refractivity contribution in [3.8, 4) is 0 Å². The number of hydrogen-bond donors (Lipinski definition) is 0. The van der Waals surface area contributed by atoms with Gasteiger partial charge in [0.05, 0.1) is 25.9 Å². The van der Waals surface area contributed by atoms with Crippen LogP contribution in [-0.2, 0) is 19.0 Å². The predicted octanol–water partition coefficient (Wildman–Crippen LogP) is 8.01. The Kier molecular flexibility index (Phi) is 17.1. The van der Waals surface area contributed by atoms with Crippen molar-refractivity contribution in [3.05, 3.63) is 0 Å². The second kappa shape index (κ2) is 19.7. The van der Waals surface area contributed by atoms with Crippen molar-refractivity contribution in [1.29, 1.82) is 0 Å². The van der Waals surface area contributed by atoms with Gasteiger partial charge >= 0.3 is 5.97 Å². The lowest BCUT2D eigenvalue weighted by atomic mass is 9.73. The molecule has 0 aromatic carbocycles. The molecule has 33 heavy (non-hydrogen) atoms. The Hall–Kier alpha value is -0.610. The largest absolute Gasteiger partial charge is 0.463 e. The molecule has 0 radical (unpaired) electrons. The van der Waals surface area contributed by atoms with Crippen LogP contribution in [0.5, 0.6) is 0 Å². The standard InChI is InChI=1S/C29H54O4/c1-2-3-4-5-6-7-8-9-10-14-17-29(30)33-25-23-31-22-24-32-28-20-18-27(19-21-28)26-15-12-11-13-16-26/h26-28H,2-25H2,1H3. The molecule has 0 N–H and O–H groups in total. The number of ether oxygens (including phenoxy) is 3. The molecule has 0 bridgehead atoms. The molecular weight excluding hydrogens is 412 g/mol. The van der Waals surface area contributed by atoms with Gasteiger partial charge in [0.1, 0.15) is 6.61 Å². The molecule has 2 rings (SSSR count). The topological polar surface area (TPSA) is 44.8 Å². The third-order valence-corrected chi connectivity index (χ3v) is 7.84. The molecule has 0 aliphatic heterocycles. The molecule has 0 spiro atoms. The number of hydrogen-bond acceptors (Lipinski definition) is 4. The molecule has 2 aliphatic rings. The summed E-state index contributed by atoms with van der Waals surface area (Å²) in [5.41, 5.74) is 0. The molecule has 2 aliphatic carbocycles. The number of unbranched alkanes of at least 4 members (excludes halogenated alkanes) is 9. The summed E-state index contributed by atoms with van der Waals surface area (Å²) in [4.78, 5) is 11.8. The third-order valence-electron chi connectivity index (χ3n) is 7.84. The summed E-state index contributed by atoms with van der Waals surface area (Å²) in [5, 5.41) is 0. The second-order valence-electron chi connectivity index (χ2n) is 10.6. The van der Waals surface area contributed by atoms with Crippen molar-refractivity contribution in [2.75, 3.05) is 26.4 Å². The molecule has 0 atom stereocenters. The molecule has 4 heteroatoms. The maximum atomic E-state index is 11.8. The first-order valence-electron chi connectivity index (χ1n) is 14.6. The molecule has 2 saturated carbocycles. The van der Waals surface area contributed by atoms with Crippen LogP contribution in [0.1, 0.15) is 135 Å². The van der Waals surface area contributed by atoms with Crippen LogP contribution in [0.3, 0.4) is 0 Å². The van der Waals surface area contributed by atoms with E-state index < -0.39 is 0 Å². The molecule has 0 aromatic heterocycles. The van der Waals surface area contributed by atoms with E-state index in [0.29, 0.717) is 39.0 Å². The van der Waals surface area contributed by atoms with Crippen LogP contribution in [0.25, 0.3) is 0 Å². The van der Waals surface area contributed by atoms with Gasteiger partial charge in [-0.05, 0) is 43.9 Å². The molecule has 2 fully saturated rings.